The number of ether oxygens (including phenoxy) is 1. The number of rotatable bonds is 7. The fourth-order valence-electron chi connectivity index (χ4n) is 2.90. The molecule has 3 rings (SSSR count). The summed E-state index contributed by atoms with van der Waals surface area (Å²) in [5.41, 5.74) is 2.00. The average molecular weight is 359 g/mol. The summed E-state index contributed by atoms with van der Waals surface area (Å²) in [5.74, 6) is 1.51. The molecule has 0 N–H and O–H groups in total. The van der Waals surface area contributed by atoms with Crippen LogP contribution in [0, 0.1) is 12.8 Å². The zero-order valence-corrected chi connectivity index (χ0v) is 16.2. The van der Waals surface area contributed by atoms with Crippen molar-refractivity contribution >= 4 is 17.2 Å². The second-order valence-electron chi connectivity index (χ2n) is 7.13. The summed E-state index contributed by atoms with van der Waals surface area (Å²) in [6, 6.07) is 8.33. The predicted octanol–water partition coefficient (Wildman–Crippen LogP) is 4.46. The molecule has 1 aromatic heterocycles. The van der Waals surface area contributed by atoms with Crippen LogP contribution in [0.15, 0.2) is 24.3 Å². The SMILES string of the molecule is COc1ccc(CN(C(=O)c2sc(CC(C)C)nc2C)C2CC2)cc1. The number of methoxy groups -OCH3 is 1. The number of amides is 1. The van der Waals surface area contributed by atoms with E-state index in [0.29, 0.717) is 18.5 Å². The molecule has 1 aliphatic carbocycles. The van der Waals surface area contributed by atoms with Crippen LogP contribution in [0.3, 0.4) is 0 Å². The van der Waals surface area contributed by atoms with Gasteiger partial charge in [0.25, 0.3) is 5.91 Å². The van der Waals surface area contributed by atoms with E-state index in [4.69, 9.17) is 4.74 Å². The zero-order valence-electron chi connectivity index (χ0n) is 15.4. The molecule has 0 aliphatic heterocycles. The van der Waals surface area contributed by atoms with Crippen LogP contribution in [0.25, 0.3) is 0 Å². The number of nitrogens with zero attached hydrogens (tertiary/aromatic N) is 2. The molecule has 25 heavy (non-hydrogen) atoms. The van der Waals surface area contributed by atoms with Crippen LogP contribution in [-0.4, -0.2) is 28.9 Å². The van der Waals surface area contributed by atoms with Gasteiger partial charge in [-0.15, -0.1) is 11.3 Å². The zero-order chi connectivity index (χ0) is 18.0. The van der Waals surface area contributed by atoms with E-state index in [1.807, 2.05) is 36.1 Å². The molecule has 1 amide bonds. The Morgan fingerprint density at radius 3 is 2.56 bits per heavy atom. The number of thiazole rings is 1. The van der Waals surface area contributed by atoms with Gasteiger partial charge in [-0.3, -0.25) is 4.79 Å². The van der Waals surface area contributed by atoms with E-state index < -0.39 is 0 Å². The highest BCUT2D eigenvalue weighted by Crippen LogP contribution is 2.32. The van der Waals surface area contributed by atoms with Crippen LogP contribution in [0.4, 0.5) is 0 Å². The molecule has 1 aromatic carbocycles. The Morgan fingerprint density at radius 1 is 1.32 bits per heavy atom. The summed E-state index contributed by atoms with van der Waals surface area (Å²) in [4.78, 5) is 20.6. The van der Waals surface area contributed by atoms with Crippen LogP contribution >= 0.6 is 11.3 Å². The first-order valence-corrected chi connectivity index (χ1v) is 9.69. The lowest BCUT2D eigenvalue weighted by Gasteiger charge is -2.22. The van der Waals surface area contributed by atoms with E-state index in [-0.39, 0.29) is 5.91 Å². The molecule has 4 nitrogen and oxygen atoms in total. The van der Waals surface area contributed by atoms with Crippen molar-refractivity contribution in [2.24, 2.45) is 5.92 Å². The van der Waals surface area contributed by atoms with Gasteiger partial charge in [0.1, 0.15) is 10.6 Å². The third-order valence-electron chi connectivity index (χ3n) is 4.38. The summed E-state index contributed by atoms with van der Waals surface area (Å²) in [6.07, 6.45) is 3.12. The van der Waals surface area contributed by atoms with E-state index in [1.165, 1.54) is 0 Å². The maximum absolute atomic E-state index is 13.1. The normalized spacial score (nSPS) is 14.0. The molecule has 0 saturated heterocycles. The highest BCUT2D eigenvalue weighted by molar-refractivity contribution is 7.13. The molecule has 0 spiro atoms. The van der Waals surface area contributed by atoms with Gasteiger partial charge in [0, 0.05) is 19.0 Å². The Kier molecular flexibility index (Phi) is 5.42. The number of benzene rings is 1. The van der Waals surface area contributed by atoms with E-state index in [9.17, 15) is 4.79 Å². The van der Waals surface area contributed by atoms with Crippen molar-refractivity contribution in [1.82, 2.24) is 9.88 Å². The smallest absolute Gasteiger partial charge is 0.266 e. The first-order valence-electron chi connectivity index (χ1n) is 8.88. The van der Waals surface area contributed by atoms with Gasteiger partial charge in [-0.1, -0.05) is 26.0 Å². The maximum atomic E-state index is 13.1. The standard InChI is InChI=1S/C20H26N2O2S/c1-13(2)11-18-21-14(3)19(25-18)20(23)22(16-7-8-16)12-15-5-9-17(24-4)10-6-15/h5-6,9-10,13,16H,7-8,11-12H2,1-4H3. The summed E-state index contributed by atoms with van der Waals surface area (Å²) >= 11 is 1.56. The topological polar surface area (TPSA) is 42.4 Å². The van der Waals surface area contributed by atoms with Gasteiger partial charge in [-0.05, 0) is 43.4 Å². The number of hydrogen-bond donors (Lipinski definition) is 0. The molecule has 134 valence electrons. The predicted molar refractivity (Wildman–Crippen MR) is 101 cm³/mol. The van der Waals surface area contributed by atoms with Crippen molar-refractivity contribution in [3.05, 3.63) is 45.4 Å². The fourth-order valence-corrected chi connectivity index (χ4v) is 4.13. The van der Waals surface area contributed by atoms with Gasteiger partial charge in [0.15, 0.2) is 0 Å². The molecule has 1 heterocycles. The summed E-state index contributed by atoms with van der Waals surface area (Å²) in [6.45, 7) is 6.95. The quantitative estimate of drug-likeness (QED) is 0.734. The maximum Gasteiger partial charge on any atom is 0.266 e. The molecule has 5 heteroatoms. The Bertz CT molecular complexity index is 733. The monoisotopic (exact) mass is 358 g/mol. The first-order chi connectivity index (χ1) is 12.0. The first kappa shape index (κ1) is 17.9. The van der Waals surface area contributed by atoms with E-state index >= 15 is 0 Å². The second kappa shape index (κ2) is 7.56. The lowest BCUT2D eigenvalue weighted by atomic mass is 10.1. The van der Waals surface area contributed by atoms with Crippen LogP contribution in [0.2, 0.25) is 0 Å². The van der Waals surface area contributed by atoms with Crippen molar-refractivity contribution in [1.29, 1.82) is 0 Å². The van der Waals surface area contributed by atoms with Crippen molar-refractivity contribution in [2.45, 2.75) is 52.6 Å². The third kappa shape index (κ3) is 4.40. The molecular formula is C20H26N2O2S. The molecule has 0 atom stereocenters. The number of aryl methyl sites for hydroxylation is 1. The summed E-state index contributed by atoms with van der Waals surface area (Å²) in [7, 11) is 1.66. The fraction of sp³-hybridized carbons (Fsp3) is 0.500. The third-order valence-corrected chi connectivity index (χ3v) is 5.55. The summed E-state index contributed by atoms with van der Waals surface area (Å²) < 4.78 is 5.21. The van der Waals surface area contributed by atoms with Crippen LogP contribution in [0.5, 0.6) is 5.75 Å². The van der Waals surface area contributed by atoms with Gasteiger partial charge < -0.3 is 9.64 Å². The lowest BCUT2D eigenvalue weighted by molar-refractivity contribution is 0.0734. The largest absolute Gasteiger partial charge is 0.497 e. The van der Waals surface area contributed by atoms with Crippen molar-refractivity contribution < 1.29 is 9.53 Å². The highest BCUT2D eigenvalue weighted by Gasteiger charge is 2.34. The number of aromatic nitrogens is 1. The van der Waals surface area contributed by atoms with E-state index in [2.05, 4.69) is 18.8 Å². The van der Waals surface area contributed by atoms with Crippen molar-refractivity contribution in [3.63, 3.8) is 0 Å². The Hall–Kier alpha value is -1.88. The van der Waals surface area contributed by atoms with Gasteiger partial charge in [-0.25, -0.2) is 4.98 Å². The van der Waals surface area contributed by atoms with E-state index in [1.54, 1.807) is 18.4 Å². The lowest BCUT2D eigenvalue weighted by Crippen LogP contribution is -2.32. The van der Waals surface area contributed by atoms with Crippen molar-refractivity contribution in [3.8, 4) is 5.75 Å². The van der Waals surface area contributed by atoms with Gasteiger partial charge in [0.05, 0.1) is 17.8 Å². The van der Waals surface area contributed by atoms with Crippen LogP contribution < -0.4 is 4.74 Å². The molecule has 2 aromatic rings. The molecule has 0 bridgehead atoms. The molecular weight excluding hydrogens is 332 g/mol. The molecule has 1 saturated carbocycles. The average Bonchev–Trinajstić information content (AvgIpc) is 3.35. The van der Waals surface area contributed by atoms with Gasteiger partial charge in [0.2, 0.25) is 0 Å². The molecule has 0 unspecified atom stereocenters. The highest BCUT2D eigenvalue weighted by atomic mass is 32.1. The Balaban J connectivity index is 1.78. The van der Waals surface area contributed by atoms with Gasteiger partial charge in [-0.2, -0.15) is 0 Å². The Morgan fingerprint density at radius 2 is 2.00 bits per heavy atom. The second-order valence-corrected chi connectivity index (χ2v) is 8.22. The van der Waals surface area contributed by atoms with Crippen molar-refractivity contribution in [2.75, 3.05) is 7.11 Å². The van der Waals surface area contributed by atoms with Crippen LogP contribution in [0.1, 0.15) is 52.6 Å². The minimum absolute atomic E-state index is 0.128. The molecule has 1 fully saturated rings. The van der Waals surface area contributed by atoms with Gasteiger partial charge >= 0.3 is 0 Å². The number of carbonyl (C=O) groups is 1. The number of hydrogen-bond acceptors (Lipinski definition) is 4. The number of carbonyl (C=O) groups excluding carboxylic acids is 1. The summed E-state index contributed by atoms with van der Waals surface area (Å²) in [5, 5.41) is 1.07. The molecule has 0 radical (unpaired) electrons. The minimum Gasteiger partial charge on any atom is -0.497 e. The minimum atomic E-state index is 0.128. The molecule has 1 aliphatic rings. The Labute approximate surface area is 153 Å². The van der Waals surface area contributed by atoms with E-state index in [0.717, 1.165) is 46.2 Å². The van der Waals surface area contributed by atoms with Crippen LogP contribution in [-0.2, 0) is 13.0 Å².